The number of furan rings is 1. The van der Waals surface area contributed by atoms with Crippen LogP contribution in [0.25, 0.3) is 12.2 Å². The first kappa shape index (κ1) is 17.7. The molecule has 0 spiro atoms. The van der Waals surface area contributed by atoms with Gasteiger partial charge in [-0.15, -0.1) is 0 Å². The summed E-state index contributed by atoms with van der Waals surface area (Å²) < 4.78 is 5.31. The monoisotopic (exact) mass is 353 g/mol. The number of likely N-dealkylation sites (N-methyl/N-ethyl adjacent to an activating group) is 1. The van der Waals surface area contributed by atoms with Gasteiger partial charge in [-0.05, 0) is 45.3 Å². The van der Waals surface area contributed by atoms with Crippen LogP contribution in [0.1, 0.15) is 17.3 Å². The second-order valence-electron chi connectivity index (χ2n) is 6.14. The van der Waals surface area contributed by atoms with Gasteiger partial charge in [-0.2, -0.15) is 5.10 Å². The van der Waals surface area contributed by atoms with Crippen molar-refractivity contribution in [2.75, 3.05) is 37.8 Å². The van der Waals surface area contributed by atoms with E-state index in [1.165, 1.54) is 0 Å². The van der Waals surface area contributed by atoms with Gasteiger partial charge in [0.1, 0.15) is 17.4 Å². The summed E-state index contributed by atoms with van der Waals surface area (Å²) in [6.45, 7) is 3.64. The van der Waals surface area contributed by atoms with Crippen LogP contribution in [0, 0.1) is 6.92 Å². The predicted molar refractivity (Wildman–Crippen MR) is 103 cm³/mol. The third-order valence-corrected chi connectivity index (χ3v) is 3.51. The molecule has 3 N–H and O–H groups in total. The molecule has 8 heteroatoms. The number of rotatable bonds is 8. The third-order valence-electron chi connectivity index (χ3n) is 3.51. The molecule has 136 valence electrons. The van der Waals surface area contributed by atoms with Crippen LogP contribution >= 0.6 is 0 Å². The summed E-state index contributed by atoms with van der Waals surface area (Å²) in [5.74, 6) is 3.44. The maximum absolute atomic E-state index is 5.31. The van der Waals surface area contributed by atoms with Crippen molar-refractivity contribution in [3.63, 3.8) is 0 Å². The van der Waals surface area contributed by atoms with Crippen molar-refractivity contribution >= 4 is 29.6 Å². The number of hydrogen-bond acceptors (Lipinski definition) is 7. The second-order valence-corrected chi connectivity index (χ2v) is 6.14. The molecule has 0 unspecified atom stereocenters. The van der Waals surface area contributed by atoms with Gasteiger partial charge < -0.3 is 20.0 Å². The van der Waals surface area contributed by atoms with E-state index in [-0.39, 0.29) is 0 Å². The van der Waals surface area contributed by atoms with E-state index >= 15 is 0 Å². The van der Waals surface area contributed by atoms with Gasteiger partial charge in [-0.3, -0.25) is 5.10 Å². The molecule has 0 aliphatic rings. The smallest absolute Gasteiger partial charge is 0.156 e. The third kappa shape index (κ3) is 5.18. The lowest BCUT2D eigenvalue weighted by molar-refractivity contribution is 0.425. The molecular weight excluding hydrogens is 330 g/mol. The molecule has 3 aromatic rings. The van der Waals surface area contributed by atoms with Gasteiger partial charge in [0.2, 0.25) is 0 Å². The topological polar surface area (TPSA) is 94.9 Å². The van der Waals surface area contributed by atoms with E-state index in [4.69, 9.17) is 4.42 Å². The van der Waals surface area contributed by atoms with Crippen LogP contribution in [-0.4, -0.2) is 52.3 Å². The molecule has 0 saturated heterocycles. The zero-order valence-electron chi connectivity index (χ0n) is 15.2. The lowest BCUT2D eigenvalue weighted by atomic mass is 10.3. The highest BCUT2D eigenvalue weighted by molar-refractivity contribution is 5.66. The molecule has 0 aliphatic heterocycles. The standard InChI is InChI=1S/C18H23N7O/c1-13-11-18(24-23-13)22-17-12-16(19-8-9-25(2)3)20-15(21-17)7-6-14-5-4-10-26-14/h4-7,10-12H,8-9H2,1-3H3,(H3,19,20,21,22,23,24). The first-order valence-corrected chi connectivity index (χ1v) is 8.37. The van der Waals surface area contributed by atoms with Crippen LogP contribution in [0.4, 0.5) is 17.5 Å². The lowest BCUT2D eigenvalue weighted by Gasteiger charge is -2.12. The van der Waals surface area contributed by atoms with Crippen LogP contribution in [0.3, 0.4) is 0 Å². The van der Waals surface area contributed by atoms with Gasteiger partial charge in [0, 0.05) is 30.9 Å². The van der Waals surface area contributed by atoms with E-state index in [0.29, 0.717) is 17.5 Å². The van der Waals surface area contributed by atoms with Crippen molar-refractivity contribution < 1.29 is 4.42 Å². The van der Waals surface area contributed by atoms with Crippen LogP contribution in [0.5, 0.6) is 0 Å². The van der Waals surface area contributed by atoms with Gasteiger partial charge in [0.15, 0.2) is 11.6 Å². The Bertz CT molecular complexity index is 852. The largest absolute Gasteiger partial charge is 0.465 e. The number of aromatic nitrogens is 4. The fourth-order valence-corrected chi connectivity index (χ4v) is 2.26. The highest BCUT2D eigenvalue weighted by Crippen LogP contribution is 2.17. The molecule has 3 rings (SSSR count). The molecule has 0 atom stereocenters. The van der Waals surface area contributed by atoms with Crippen molar-refractivity contribution in [3.05, 3.63) is 47.8 Å². The first-order chi connectivity index (χ1) is 12.6. The fourth-order valence-electron chi connectivity index (χ4n) is 2.26. The molecule has 0 aromatic carbocycles. The number of anilines is 3. The summed E-state index contributed by atoms with van der Waals surface area (Å²) in [5.41, 5.74) is 0.976. The molecule has 3 heterocycles. The zero-order valence-corrected chi connectivity index (χ0v) is 15.2. The summed E-state index contributed by atoms with van der Waals surface area (Å²) in [6.07, 6.45) is 5.28. The molecule has 0 radical (unpaired) electrons. The van der Waals surface area contributed by atoms with Crippen molar-refractivity contribution in [2.24, 2.45) is 0 Å². The Labute approximate surface area is 152 Å². The Morgan fingerprint density at radius 3 is 2.69 bits per heavy atom. The minimum atomic E-state index is 0.575. The predicted octanol–water partition coefficient (Wildman–Crippen LogP) is 2.99. The molecule has 0 fully saturated rings. The van der Waals surface area contributed by atoms with E-state index in [9.17, 15) is 0 Å². The van der Waals surface area contributed by atoms with Crippen molar-refractivity contribution in [2.45, 2.75) is 6.92 Å². The summed E-state index contributed by atoms with van der Waals surface area (Å²) in [6, 6.07) is 7.50. The van der Waals surface area contributed by atoms with Crippen LogP contribution in [-0.2, 0) is 0 Å². The number of hydrogen-bond donors (Lipinski definition) is 3. The molecular formula is C18H23N7O. The Kier molecular flexibility index (Phi) is 5.65. The number of nitrogens with zero attached hydrogens (tertiary/aromatic N) is 4. The highest BCUT2D eigenvalue weighted by Gasteiger charge is 2.06. The normalized spacial score (nSPS) is 11.4. The Morgan fingerprint density at radius 2 is 2.00 bits per heavy atom. The molecule has 8 nitrogen and oxygen atoms in total. The lowest BCUT2D eigenvalue weighted by Crippen LogP contribution is -2.21. The van der Waals surface area contributed by atoms with Crippen molar-refractivity contribution in [1.82, 2.24) is 25.1 Å². The fraction of sp³-hybridized carbons (Fsp3) is 0.278. The van der Waals surface area contributed by atoms with E-state index in [0.717, 1.165) is 30.4 Å². The van der Waals surface area contributed by atoms with Gasteiger partial charge >= 0.3 is 0 Å². The maximum Gasteiger partial charge on any atom is 0.156 e. The van der Waals surface area contributed by atoms with Crippen LogP contribution in [0.15, 0.2) is 34.9 Å². The maximum atomic E-state index is 5.31. The summed E-state index contributed by atoms with van der Waals surface area (Å²) in [5, 5.41) is 13.6. The van der Waals surface area contributed by atoms with Gasteiger partial charge in [0.05, 0.1) is 6.26 Å². The Hall–Kier alpha value is -3.13. The summed E-state index contributed by atoms with van der Waals surface area (Å²) in [7, 11) is 4.07. The van der Waals surface area contributed by atoms with Gasteiger partial charge in [-0.25, -0.2) is 9.97 Å². The number of nitrogens with one attached hydrogen (secondary N) is 3. The average molecular weight is 353 g/mol. The molecule has 26 heavy (non-hydrogen) atoms. The average Bonchev–Trinajstić information content (AvgIpc) is 3.24. The minimum absolute atomic E-state index is 0.575. The van der Waals surface area contributed by atoms with Crippen molar-refractivity contribution in [1.29, 1.82) is 0 Å². The quantitative estimate of drug-likeness (QED) is 0.573. The van der Waals surface area contributed by atoms with E-state index in [2.05, 4.69) is 35.7 Å². The SMILES string of the molecule is Cc1cc(Nc2cc(NCCN(C)C)nc(C=Cc3ccco3)n2)n[nH]1. The number of H-pyrrole nitrogens is 1. The molecule has 0 bridgehead atoms. The van der Waals surface area contributed by atoms with E-state index in [1.807, 2.05) is 57.4 Å². The van der Waals surface area contributed by atoms with Gasteiger partial charge in [0.25, 0.3) is 0 Å². The molecule has 0 saturated carbocycles. The second kappa shape index (κ2) is 8.30. The zero-order chi connectivity index (χ0) is 18.4. The minimum Gasteiger partial charge on any atom is -0.465 e. The highest BCUT2D eigenvalue weighted by atomic mass is 16.3. The Balaban J connectivity index is 1.80. The summed E-state index contributed by atoms with van der Waals surface area (Å²) >= 11 is 0. The van der Waals surface area contributed by atoms with E-state index < -0.39 is 0 Å². The van der Waals surface area contributed by atoms with Gasteiger partial charge in [-0.1, -0.05) is 0 Å². The first-order valence-electron chi connectivity index (χ1n) is 8.37. The van der Waals surface area contributed by atoms with Crippen molar-refractivity contribution in [3.8, 4) is 0 Å². The Morgan fingerprint density at radius 1 is 1.15 bits per heavy atom. The van der Waals surface area contributed by atoms with E-state index in [1.54, 1.807) is 6.26 Å². The number of aromatic amines is 1. The molecule has 0 amide bonds. The van der Waals surface area contributed by atoms with Crippen LogP contribution < -0.4 is 10.6 Å². The van der Waals surface area contributed by atoms with Crippen LogP contribution in [0.2, 0.25) is 0 Å². The summed E-state index contributed by atoms with van der Waals surface area (Å²) in [4.78, 5) is 11.2. The molecule has 3 aromatic heterocycles. The molecule has 0 aliphatic carbocycles. The number of aryl methyl sites for hydroxylation is 1.